The number of cyclic esters (lactones) is 1. The van der Waals surface area contributed by atoms with Crippen LogP contribution in [0.5, 0.6) is 11.5 Å². The van der Waals surface area contributed by atoms with Crippen LogP contribution < -0.4 is 9.47 Å². The van der Waals surface area contributed by atoms with E-state index in [0.717, 1.165) is 0 Å². The van der Waals surface area contributed by atoms with Crippen LogP contribution in [0.15, 0.2) is 47.1 Å². The topological polar surface area (TPSA) is 57.1 Å². The first-order chi connectivity index (χ1) is 12.0. The normalized spacial score (nSPS) is 15.1. The fourth-order valence-corrected chi connectivity index (χ4v) is 2.68. The Bertz CT molecular complexity index is 906. The number of esters is 1. The van der Waals surface area contributed by atoms with Gasteiger partial charge in [-0.2, -0.15) is 0 Å². The SMILES string of the molecule is COc1ccc(/C=C2/N=C(c3cccc(Cl)c3Cl)OC2=O)cc1OC. The van der Waals surface area contributed by atoms with Crippen molar-refractivity contribution in [2.24, 2.45) is 4.99 Å². The third-order valence-electron chi connectivity index (χ3n) is 3.51. The lowest BCUT2D eigenvalue weighted by molar-refractivity contribution is -0.129. The largest absolute Gasteiger partial charge is 0.493 e. The van der Waals surface area contributed by atoms with E-state index in [2.05, 4.69) is 4.99 Å². The minimum Gasteiger partial charge on any atom is -0.493 e. The van der Waals surface area contributed by atoms with E-state index in [0.29, 0.717) is 27.6 Å². The Labute approximate surface area is 154 Å². The summed E-state index contributed by atoms with van der Waals surface area (Å²) in [4.78, 5) is 16.3. The summed E-state index contributed by atoms with van der Waals surface area (Å²) in [5.41, 5.74) is 1.32. The highest BCUT2D eigenvalue weighted by molar-refractivity contribution is 6.44. The average molecular weight is 378 g/mol. The molecule has 0 aromatic heterocycles. The number of nitrogens with zero attached hydrogens (tertiary/aromatic N) is 1. The van der Waals surface area contributed by atoms with Crippen LogP contribution in [0.25, 0.3) is 6.08 Å². The minimum absolute atomic E-state index is 0.115. The third-order valence-corrected chi connectivity index (χ3v) is 4.33. The van der Waals surface area contributed by atoms with Crippen molar-refractivity contribution in [1.82, 2.24) is 0 Å². The second-order valence-electron chi connectivity index (χ2n) is 5.05. The number of aliphatic imine (C=N–C) groups is 1. The van der Waals surface area contributed by atoms with Crippen LogP contribution in [0.2, 0.25) is 10.0 Å². The summed E-state index contributed by atoms with van der Waals surface area (Å²) in [6, 6.07) is 10.3. The van der Waals surface area contributed by atoms with Crippen molar-refractivity contribution in [3.05, 3.63) is 63.3 Å². The Morgan fingerprint density at radius 1 is 1.08 bits per heavy atom. The van der Waals surface area contributed by atoms with E-state index in [9.17, 15) is 4.79 Å². The molecule has 3 rings (SSSR count). The van der Waals surface area contributed by atoms with Gasteiger partial charge in [0.05, 0.1) is 29.8 Å². The Morgan fingerprint density at radius 2 is 1.84 bits per heavy atom. The van der Waals surface area contributed by atoms with Crippen LogP contribution in [-0.4, -0.2) is 26.1 Å². The third kappa shape index (κ3) is 3.48. The van der Waals surface area contributed by atoms with Crippen LogP contribution in [0.1, 0.15) is 11.1 Å². The van der Waals surface area contributed by atoms with Crippen LogP contribution in [0.3, 0.4) is 0 Å². The van der Waals surface area contributed by atoms with Gasteiger partial charge in [0.15, 0.2) is 17.2 Å². The maximum absolute atomic E-state index is 12.1. The van der Waals surface area contributed by atoms with Crippen molar-refractivity contribution in [1.29, 1.82) is 0 Å². The summed E-state index contributed by atoms with van der Waals surface area (Å²) < 4.78 is 15.7. The Morgan fingerprint density at radius 3 is 2.56 bits per heavy atom. The summed E-state index contributed by atoms with van der Waals surface area (Å²) in [5.74, 6) is 0.684. The van der Waals surface area contributed by atoms with Crippen molar-refractivity contribution in [3.63, 3.8) is 0 Å². The molecule has 0 atom stereocenters. The van der Waals surface area contributed by atoms with Crippen molar-refractivity contribution in [2.45, 2.75) is 0 Å². The Kier molecular flexibility index (Phi) is 4.97. The molecular formula is C18H13Cl2NO4. The van der Waals surface area contributed by atoms with Gasteiger partial charge < -0.3 is 14.2 Å². The molecule has 0 spiro atoms. The zero-order valence-electron chi connectivity index (χ0n) is 13.4. The molecule has 2 aromatic carbocycles. The van der Waals surface area contributed by atoms with Crippen molar-refractivity contribution in [3.8, 4) is 11.5 Å². The molecule has 25 heavy (non-hydrogen) atoms. The first kappa shape index (κ1) is 17.3. The maximum atomic E-state index is 12.1. The van der Waals surface area contributed by atoms with Gasteiger partial charge in [-0.3, -0.25) is 0 Å². The average Bonchev–Trinajstić information content (AvgIpc) is 2.97. The Balaban J connectivity index is 1.97. The van der Waals surface area contributed by atoms with Crippen LogP contribution in [0.4, 0.5) is 0 Å². The van der Waals surface area contributed by atoms with Crippen molar-refractivity contribution >= 4 is 41.1 Å². The highest BCUT2D eigenvalue weighted by atomic mass is 35.5. The molecule has 0 saturated carbocycles. The quantitative estimate of drug-likeness (QED) is 0.586. The summed E-state index contributed by atoms with van der Waals surface area (Å²) in [5, 5.41) is 0.637. The molecule has 0 fully saturated rings. The maximum Gasteiger partial charge on any atom is 0.363 e. The number of benzene rings is 2. The second kappa shape index (κ2) is 7.17. The summed E-state index contributed by atoms with van der Waals surface area (Å²) in [6.07, 6.45) is 1.59. The van der Waals surface area contributed by atoms with Crippen LogP contribution >= 0.6 is 23.2 Å². The molecule has 1 heterocycles. The molecule has 5 nitrogen and oxygen atoms in total. The minimum atomic E-state index is -0.569. The lowest BCUT2D eigenvalue weighted by Crippen LogP contribution is -2.06. The zero-order valence-corrected chi connectivity index (χ0v) is 14.9. The standard InChI is InChI=1S/C18H13Cl2NO4/c1-23-14-7-6-10(9-15(14)24-2)8-13-18(22)25-17(21-13)11-4-3-5-12(19)16(11)20/h3-9H,1-2H3/b13-8+. The van der Waals surface area contributed by atoms with E-state index in [1.807, 2.05) is 0 Å². The van der Waals surface area contributed by atoms with Crippen molar-refractivity contribution < 1.29 is 19.0 Å². The van der Waals surface area contributed by atoms with E-state index in [-0.39, 0.29) is 16.6 Å². The number of hydrogen-bond donors (Lipinski definition) is 0. The van der Waals surface area contributed by atoms with E-state index in [1.54, 1.807) is 49.6 Å². The lowest BCUT2D eigenvalue weighted by Gasteiger charge is -2.07. The number of methoxy groups -OCH3 is 2. The zero-order chi connectivity index (χ0) is 18.0. The molecule has 0 aliphatic carbocycles. The molecule has 1 aliphatic heterocycles. The first-order valence-corrected chi connectivity index (χ1v) is 7.98. The molecule has 0 radical (unpaired) electrons. The fourth-order valence-electron chi connectivity index (χ4n) is 2.29. The molecule has 0 unspecified atom stereocenters. The molecule has 7 heteroatoms. The van der Waals surface area contributed by atoms with Crippen molar-refractivity contribution in [2.75, 3.05) is 14.2 Å². The van der Waals surface area contributed by atoms with Gasteiger partial charge in [0.1, 0.15) is 0 Å². The molecule has 1 aliphatic rings. The molecule has 0 saturated heterocycles. The molecule has 0 bridgehead atoms. The predicted molar refractivity (Wildman–Crippen MR) is 96.6 cm³/mol. The molecule has 2 aromatic rings. The smallest absolute Gasteiger partial charge is 0.363 e. The number of ether oxygens (including phenoxy) is 3. The summed E-state index contributed by atoms with van der Waals surface area (Å²) in [6.45, 7) is 0. The summed E-state index contributed by atoms with van der Waals surface area (Å²) in [7, 11) is 3.09. The van der Waals surface area contributed by atoms with Crippen LogP contribution in [0, 0.1) is 0 Å². The number of halogens is 2. The van der Waals surface area contributed by atoms with Gasteiger partial charge >= 0.3 is 5.97 Å². The second-order valence-corrected chi connectivity index (χ2v) is 5.84. The summed E-state index contributed by atoms with van der Waals surface area (Å²) >= 11 is 12.1. The van der Waals surface area contributed by atoms with Gasteiger partial charge in [0.25, 0.3) is 0 Å². The highest BCUT2D eigenvalue weighted by Crippen LogP contribution is 2.31. The van der Waals surface area contributed by atoms with Gasteiger partial charge in [-0.15, -0.1) is 0 Å². The Hall–Kier alpha value is -2.50. The number of hydrogen-bond acceptors (Lipinski definition) is 5. The highest BCUT2D eigenvalue weighted by Gasteiger charge is 2.26. The van der Waals surface area contributed by atoms with E-state index < -0.39 is 5.97 Å². The van der Waals surface area contributed by atoms with E-state index in [1.165, 1.54) is 7.11 Å². The van der Waals surface area contributed by atoms with E-state index >= 15 is 0 Å². The van der Waals surface area contributed by atoms with Gasteiger partial charge in [0.2, 0.25) is 5.90 Å². The lowest BCUT2D eigenvalue weighted by atomic mass is 10.1. The van der Waals surface area contributed by atoms with Gasteiger partial charge in [-0.1, -0.05) is 35.3 Å². The fraction of sp³-hybridized carbons (Fsp3) is 0.111. The molecular weight excluding hydrogens is 365 g/mol. The number of carbonyl (C=O) groups is 1. The molecule has 128 valence electrons. The number of rotatable bonds is 4. The van der Waals surface area contributed by atoms with Gasteiger partial charge in [0, 0.05) is 0 Å². The van der Waals surface area contributed by atoms with Crippen LogP contribution in [-0.2, 0) is 9.53 Å². The van der Waals surface area contributed by atoms with E-state index in [4.69, 9.17) is 37.4 Å². The molecule has 0 amide bonds. The molecule has 0 N–H and O–H groups in total. The van der Waals surface area contributed by atoms with Gasteiger partial charge in [-0.05, 0) is 35.9 Å². The first-order valence-electron chi connectivity index (χ1n) is 7.22. The number of carbonyl (C=O) groups excluding carboxylic acids is 1. The van der Waals surface area contributed by atoms with Gasteiger partial charge in [-0.25, -0.2) is 9.79 Å². The monoisotopic (exact) mass is 377 g/mol. The predicted octanol–water partition coefficient (Wildman–Crippen LogP) is 4.36.